The Labute approximate surface area is 600 Å². The molecule has 1 aliphatic rings. The summed E-state index contributed by atoms with van der Waals surface area (Å²) in [4.78, 5) is 7.59. The van der Waals surface area contributed by atoms with Crippen LogP contribution in [0.4, 0.5) is 5.82 Å². The van der Waals surface area contributed by atoms with Gasteiger partial charge in [-0.15, -0.1) is 10.2 Å². The first-order chi connectivity index (χ1) is 50.0. The van der Waals surface area contributed by atoms with Crippen molar-refractivity contribution >= 4 is 16.9 Å². The first-order valence-corrected chi connectivity index (χ1v) is 36.7. The molecule has 2 aromatic rings. The molecule has 0 spiro atoms. The van der Waals surface area contributed by atoms with Crippen LogP contribution in [0.2, 0.25) is 0 Å². The fourth-order valence-electron chi connectivity index (χ4n) is 9.53. The number of hydrogen-bond donors (Lipinski definition) is 2. The summed E-state index contributed by atoms with van der Waals surface area (Å²) in [6.45, 7) is 31.7. The molecule has 2 heterocycles. The van der Waals surface area contributed by atoms with Crippen molar-refractivity contribution in [3.8, 4) is 5.88 Å². The maximum atomic E-state index is 8.18. The van der Waals surface area contributed by atoms with E-state index in [0.29, 0.717) is 340 Å². The molecule has 590 valence electrons. The lowest BCUT2D eigenvalue weighted by Gasteiger charge is -2.29. The number of azide groups is 1. The normalized spacial score (nSPS) is 14.1. The van der Waals surface area contributed by atoms with E-state index in [9.17, 15) is 0 Å². The largest absolute Gasteiger partial charge is 0.472 e. The topological polar surface area (TPSA) is 352 Å². The lowest BCUT2D eigenvalue weighted by atomic mass is 9.82. The van der Waals surface area contributed by atoms with Crippen molar-refractivity contribution in [2.75, 3.05) is 329 Å². The third-order valence-electron chi connectivity index (χ3n) is 14.7. The molecule has 0 radical (unpaired) electrons. The SMILES string of the molecule is CCCCc1nc2c(N)nnc(OC(C)C)c2n1CC1CCC(CNCCOCCOCCOCCOCCOCCOCCOCCOCCOCCOCCOCCOCCOCCOCCOCCOCCOCCOCCOCCOCCOCCOCCOCCN=[N+]=[N-])CC1. The number of aryl methyl sites for hydroxylation is 1. The molecule has 1 saturated carbocycles. The number of imidazole rings is 1. The smallest absolute Gasteiger partial charge is 0.260 e. The standard InChI is InChI=1S/C68H129N9O24/c1-4-5-6-64-73-65-66(68(101-61(2)3)75-74-67(65)69)77(64)60-63-9-7-62(8-10-63)59-71-11-13-78-15-17-80-19-21-82-23-25-84-27-29-86-31-33-88-35-37-90-39-41-92-43-45-94-47-49-96-51-53-98-55-57-100-58-56-99-54-52-97-50-48-95-46-44-93-42-40-91-38-36-89-34-32-87-30-28-85-26-24-83-22-20-81-18-16-79-14-12-72-76-70/h61-63,71H,4-60H2,1-3H3,(H2,69,74). The molecule has 1 fully saturated rings. The molecule has 101 heavy (non-hydrogen) atoms. The van der Waals surface area contributed by atoms with Gasteiger partial charge in [-0.1, -0.05) is 18.5 Å². The number of unbranched alkanes of at least 4 members (excludes halogenated alkanes) is 1. The Morgan fingerprint density at radius 2 is 0.693 bits per heavy atom. The lowest BCUT2D eigenvalue weighted by molar-refractivity contribution is -0.0318. The minimum Gasteiger partial charge on any atom is -0.472 e. The quantitative estimate of drug-likeness (QED) is 0.0394. The number of rotatable bonds is 81. The van der Waals surface area contributed by atoms with Crippen molar-refractivity contribution in [1.29, 1.82) is 0 Å². The fraction of sp³-hybridized carbons (Fsp3) is 0.926. The molecule has 0 atom stereocenters. The number of anilines is 1. The molecule has 0 saturated heterocycles. The van der Waals surface area contributed by atoms with E-state index in [2.05, 4.69) is 37.0 Å². The molecule has 1 aliphatic carbocycles. The number of ether oxygens (including phenoxy) is 24. The summed E-state index contributed by atoms with van der Waals surface area (Å²) < 4.78 is 136. The summed E-state index contributed by atoms with van der Waals surface area (Å²) in [6.07, 6.45) is 7.80. The highest BCUT2D eigenvalue weighted by atomic mass is 16.6. The Balaban J connectivity index is 0.879. The summed E-state index contributed by atoms with van der Waals surface area (Å²) in [5.74, 6) is 3.17. The highest BCUT2D eigenvalue weighted by Gasteiger charge is 2.26. The van der Waals surface area contributed by atoms with Gasteiger partial charge in [0.15, 0.2) is 5.82 Å². The third-order valence-corrected chi connectivity index (χ3v) is 14.7. The Bertz CT molecular complexity index is 2130. The van der Waals surface area contributed by atoms with E-state index < -0.39 is 0 Å². The van der Waals surface area contributed by atoms with E-state index in [1.807, 2.05) is 13.8 Å². The molecule has 0 amide bonds. The van der Waals surface area contributed by atoms with Crippen LogP contribution in [0.25, 0.3) is 21.5 Å². The second-order valence-corrected chi connectivity index (χ2v) is 23.1. The maximum Gasteiger partial charge on any atom is 0.260 e. The molecule has 0 unspecified atom stereocenters. The van der Waals surface area contributed by atoms with Crippen molar-refractivity contribution in [2.45, 2.75) is 78.4 Å². The molecular formula is C68H129N9O24. The van der Waals surface area contributed by atoms with E-state index in [1.54, 1.807) is 0 Å². The van der Waals surface area contributed by atoms with Crippen LogP contribution in [0, 0.1) is 11.8 Å². The summed E-state index contributed by atoms with van der Waals surface area (Å²) in [5, 5.41) is 15.5. The maximum absolute atomic E-state index is 8.18. The van der Waals surface area contributed by atoms with Gasteiger partial charge in [-0.05, 0) is 69.9 Å². The first-order valence-electron chi connectivity index (χ1n) is 36.7. The second kappa shape index (κ2) is 72.1. The van der Waals surface area contributed by atoms with E-state index in [-0.39, 0.29) is 6.10 Å². The fourth-order valence-corrected chi connectivity index (χ4v) is 9.53. The molecule has 0 aromatic carbocycles. The van der Waals surface area contributed by atoms with Crippen LogP contribution in [0.1, 0.15) is 65.1 Å². The number of nitrogens with two attached hydrogens (primary N) is 1. The third kappa shape index (κ3) is 56.5. The zero-order valence-electron chi connectivity index (χ0n) is 61.5. The van der Waals surface area contributed by atoms with Crippen LogP contribution >= 0.6 is 0 Å². The van der Waals surface area contributed by atoms with Crippen molar-refractivity contribution in [1.82, 2.24) is 25.1 Å². The van der Waals surface area contributed by atoms with Crippen LogP contribution in [0.3, 0.4) is 0 Å². The zero-order valence-corrected chi connectivity index (χ0v) is 61.5. The summed E-state index contributed by atoms with van der Waals surface area (Å²) in [7, 11) is 0. The van der Waals surface area contributed by atoms with Crippen LogP contribution < -0.4 is 15.8 Å². The van der Waals surface area contributed by atoms with Crippen molar-refractivity contribution in [3.05, 3.63) is 16.3 Å². The molecule has 2 aromatic heterocycles. The predicted octanol–water partition coefficient (Wildman–Crippen LogP) is 4.63. The number of fused-ring (bicyclic) bond motifs is 1. The minimum absolute atomic E-state index is 0.0213. The van der Waals surface area contributed by atoms with Gasteiger partial charge in [0.05, 0.1) is 310 Å². The van der Waals surface area contributed by atoms with Gasteiger partial charge in [-0.25, -0.2) is 4.98 Å². The van der Waals surface area contributed by atoms with Crippen molar-refractivity contribution < 1.29 is 114 Å². The molecular weight excluding hydrogens is 1330 g/mol. The number of nitrogen functional groups attached to an aromatic ring is 1. The Morgan fingerprint density at radius 3 is 0.970 bits per heavy atom. The van der Waals surface area contributed by atoms with Gasteiger partial charge in [0.25, 0.3) is 5.88 Å². The monoisotopic (exact) mass is 1460 g/mol. The highest BCUT2D eigenvalue weighted by molar-refractivity contribution is 5.88. The Hall–Kier alpha value is -3.50. The molecule has 0 bridgehead atoms. The molecule has 33 heteroatoms. The van der Waals surface area contributed by atoms with Crippen LogP contribution in [0.5, 0.6) is 5.88 Å². The van der Waals surface area contributed by atoms with E-state index >= 15 is 0 Å². The number of aromatic nitrogens is 4. The first kappa shape index (κ1) is 91.7. The second-order valence-electron chi connectivity index (χ2n) is 23.1. The summed E-state index contributed by atoms with van der Waals surface area (Å²) in [6, 6.07) is 0. The van der Waals surface area contributed by atoms with E-state index in [4.69, 9.17) is 130 Å². The van der Waals surface area contributed by atoms with Gasteiger partial charge in [-0.3, -0.25) is 0 Å². The Kier molecular flexibility index (Phi) is 65.4. The summed E-state index contributed by atoms with van der Waals surface area (Å²) >= 11 is 0. The predicted molar refractivity (Wildman–Crippen MR) is 375 cm³/mol. The van der Waals surface area contributed by atoms with Gasteiger partial charge in [0.1, 0.15) is 16.9 Å². The number of nitrogens with zero attached hydrogens (tertiary/aromatic N) is 7. The molecule has 3 rings (SSSR count). The van der Waals surface area contributed by atoms with Crippen LogP contribution in [-0.4, -0.2) is 349 Å². The lowest BCUT2D eigenvalue weighted by Crippen LogP contribution is -2.30. The molecule has 0 aliphatic heterocycles. The van der Waals surface area contributed by atoms with Gasteiger partial charge in [0, 0.05) is 31.0 Å². The number of hydrogen-bond acceptors (Lipinski definition) is 30. The van der Waals surface area contributed by atoms with Crippen molar-refractivity contribution in [3.63, 3.8) is 0 Å². The highest BCUT2D eigenvalue weighted by Crippen LogP contribution is 2.34. The molecule has 33 nitrogen and oxygen atoms in total. The van der Waals surface area contributed by atoms with Crippen molar-refractivity contribution in [2.24, 2.45) is 17.0 Å². The zero-order chi connectivity index (χ0) is 71.7. The van der Waals surface area contributed by atoms with Gasteiger partial charge in [-0.2, -0.15) is 0 Å². The average molecular weight is 1460 g/mol. The average Bonchev–Trinajstić information content (AvgIpc) is 1.63. The van der Waals surface area contributed by atoms with E-state index in [0.717, 1.165) is 50.2 Å². The Morgan fingerprint density at radius 1 is 0.416 bits per heavy atom. The minimum atomic E-state index is -0.0213. The van der Waals surface area contributed by atoms with E-state index in [1.165, 1.54) is 25.7 Å². The van der Waals surface area contributed by atoms with Gasteiger partial charge >= 0.3 is 0 Å². The molecule has 3 N–H and O–H groups in total. The number of nitrogens with one attached hydrogen (secondary N) is 1. The van der Waals surface area contributed by atoms with Gasteiger partial charge < -0.3 is 129 Å². The summed E-state index contributed by atoms with van der Waals surface area (Å²) in [5.41, 5.74) is 16.0. The van der Waals surface area contributed by atoms with Crippen LogP contribution in [0.15, 0.2) is 5.11 Å². The van der Waals surface area contributed by atoms with Gasteiger partial charge in [0.2, 0.25) is 0 Å². The van der Waals surface area contributed by atoms with Crippen LogP contribution in [-0.2, 0) is 122 Å².